The van der Waals surface area contributed by atoms with Crippen LogP contribution in [0.3, 0.4) is 0 Å². The average molecular weight is 295 g/mol. The van der Waals surface area contributed by atoms with Crippen LogP contribution in [0.4, 0.5) is 4.39 Å². The number of hydrogen-bond donors (Lipinski definition) is 3. The number of halogens is 1. The summed E-state index contributed by atoms with van der Waals surface area (Å²) in [6.45, 7) is 0. The lowest BCUT2D eigenvalue weighted by atomic mass is 9.94. The summed E-state index contributed by atoms with van der Waals surface area (Å²) in [5.74, 6) is -3.68. The summed E-state index contributed by atoms with van der Waals surface area (Å²) in [4.78, 5) is 33.8. The number of carboxylic acid groups (broad SMARTS) is 2. The van der Waals surface area contributed by atoms with Gasteiger partial charge in [-0.2, -0.15) is 0 Å². The highest BCUT2D eigenvalue weighted by Gasteiger charge is 2.52. The third-order valence-corrected chi connectivity index (χ3v) is 3.56. The van der Waals surface area contributed by atoms with Crippen molar-refractivity contribution >= 4 is 17.8 Å². The SMILES string of the molecule is O=C(O)C[C@@H](NC(=O)C1(c2ccc(F)cc2)CC1)C(=O)O. The first kappa shape index (κ1) is 15.0. The second-order valence-electron chi connectivity index (χ2n) is 5.05. The molecule has 1 aromatic carbocycles. The fourth-order valence-corrected chi connectivity index (χ4v) is 2.21. The lowest BCUT2D eigenvalue weighted by Gasteiger charge is -2.19. The van der Waals surface area contributed by atoms with Crippen LogP contribution in [0.5, 0.6) is 0 Å². The minimum Gasteiger partial charge on any atom is -0.481 e. The van der Waals surface area contributed by atoms with Crippen LogP contribution in [0, 0.1) is 5.82 Å². The van der Waals surface area contributed by atoms with E-state index in [-0.39, 0.29) is 0 Å². The molecular formula is C14H14FNO5. The smallest absolute Gasteiger partial charge is 0.326 e. The molecule has 1 aliphatic carbocycles. The summed E-state index contributed by atoms with van der Waals surface area (Å²) in [5, 5.41) is 19.8. The zero-order chi connectivity index (χ0) is 15.6. The summed E-state index contributed by atoms with van der Waals surface area (Å²) >= 11 is 0. The highest BCUT2D eigenvalue weighted by atomic mass is 19.1. The lowest BCUT2D eigenvalue weighted by Crippen LogP contribution is -2.46. The highest BCUT2D eigenvalue weighted by molar-refractivity contribution is 5.94. The van der Waals surface area contributed by atoms with Crippen molar-refractivity contribution in [3.05, 3.63) is 35.6 Å². The van der Waals surface area contributed by atoms with E-state index in [1.54, 1.807) is 0 Å². The molecule has 1 atom stereocenters. The molecule has 6 nitrogen and oxygen atoms in total. The normalized spacial score (nSPS) is 16.8. The van der Waals surface area contributed by atoms with Gasteiger partial charge in [0, 0.05) is 0 Å². The van der Waals surface area contributed by atoms with Gasteiger partial charge in [0.15, 0.2) is 0 Å². The van der Waals surface area contributed by atoms with E-state index in [0.717, 1.165) is 0 Å². The van der Waals surface area contributed by atoms with Gasteiger partial charge < -0.3 is 15.5 Å². The van der Waals surface area contributed by atoms with E-state index < -0.39 is 41.5 Å². The van der Waals surface area contributed by atoms with Crippen LogP contribution in [0.25, 0.3) is 0 Å². The first-order valence-electron chi connectivity index (χ1n) is 6.37. The fraction of sp³-hybridized carbons (Fsp3) is 0.357. The molecule has 0 heterocycles. The quantitative estimate of drug-likeness (QED) is 0.723. The maximum absolute atomic E-state index is 12.9. The van der Waals surface area contributed by atoms with Crippen LogP contribution in [0.15, 0.2) is 24.3 Å². The molecule has 1 aromatic rings. The van der Waals surface area contributed by atoms with Crippen molar-refractivity contribution in [2.75, 3.05) is 0 Å². The predicted octanol–water partition coefficient (Wildman–Crippen LogP) is 0.901. The predicted molar refractivity (Wildman–Crippen MR) is 69.1 cm³/mol. The van der Waals surface area contributed by atoms with Crippen LogP contribution in [0.2, 0.25) is 0 Å². The summed E-state index contributed by atoms with van der Waals surface area (Å²) < 4.78 is 12.9. The summed E-state index contributed by atoms with van der Waals surface area (Å²) in [7, 11) is 0. The van der Waals surface area contributed by atoms with E-state index in [2.05, 4.69) is 5.32 Å². The molecule has 7 heteroatoms. The van der Waals surface area contributed by atoms with Gasteiger partial charge in [0.05, 0.1) is 11.8 Å². The Morgan fingerprint density at radius 2 is 1.76 bits per heavy atom. The molecule has 1 aliphatic rings. The largest absolute Gasteiger partial charge is 0.481 e. The second kappa shape index (κ2) is 5.51. The van der Waals surface area contributed by atoms with Crippen molar-refractivity contribution in [3.63, 3.8) is 0 Å². The Labute approximate surface area is 119 Å². The zero-order valence-electron chi connectivity index (χ0n) is 11.0. The Balaban J connectivity index is 2.13. The minimum absolute atomic E-state index is 0.427. The number of carbonyl (C=O) groups excluding carboxylic acids is 1. The number of carbonyl (C=O) groups is 3. The summed E-state index contributed by atoms with van der Waals surface area (Å²) in [6, 6.07) is 3.94. The number of rotatable bonds is 6. The Morgan fingerprint density at radius 3 is 2.19 bits per heavy atom. The summed E-state index contributed by atoms with van der Waals surface area (Å²) in [6.07, 6.45) is 0.342. The highest BCUT2D eigenvalue weighted by Crippen LogP contribution is 2.48. The molecule has 0 spiro atoms. The average Bonchev–Trinajstić information content (AvgIpc) is 3.19. The third kappa shape index (κ3) is 3.18. The van der Waals surface area contributed by atoms with E-state index in [9.17, 15) is 18.8 Å². The van der Waals surface area contributed by atoms with E-state index in [0.29, 0.717) is 18.4 Å². The zero-order valence-corrected chi connectivity index (χ0v) is 11.0. The van der Waals surface area contributed by atoms with Crippen LogP contribution in [0.1, 0.15) is 24.8 Å². The number of aliphatic carboxylic acids is 2. The number of carboxylic acids is 2. The van der Waals surface area contributed by atoms with Gasteiger partial charge in [-0.05, 0) is 30.5 Å². The number of hydrogen-bond acceptors (Lipinski definition) is 3. The second-order valence-corrected chi connectivity index (χ2v) is 5.05. The molecule has 2 rings (SSSR count). The van der Waals surface area contributed by atoms with Crippen LogP contribution >= 0.6 is 0 Å². The molecule has 21 heavy (non-hydrogen) atoms. The van der Waals surface area contributed by atoms with Crippen LogP contribution in [-0.2, 0) is 19.8 Å². The van der Waals surface area contributed by atoms with E-state index >= 15 is 0 Å². The Hall–Kier alpha value is -2.44. The van der Waals surface area contributed by atoms with Gasteiger partial charge >= 0.3 is 11.9 Å². The molecule has 1 amide bonds. The number of amides is 1. The standard InChI is InChI=1S/C14H14FNO5/c15-9-3-1-8(2-4-9)14(5-6-14)13(21)16-10(12(19)20)7-11(17)18/h1-4,10H,5-7H2,(H,16,21)(H,17,18)(H,19,20)/t10-/m1/s1. The van der Waals surface area contributed by atoms with Gasteiger partial charge in [-0.25, -0.2) is 9.18 Å². The Kier molecular flexibility index (Phi) is 3.93. The molecule has 0 saturated heterocycles. The molecule has 0 unspecified atom stereocenters. The molecule has 0 aromatic heterocycles. The van der Waals surface area contributed by atoms with Gasteiger partial charge in [-0.15, -0.1) is 0 Å². The molecule has 0 aliphatic heterocycles. The number of nitrogens with one attached hydrogen (secondary N) is 1. The maximum atomic E-state index is 12.9. The van der Waals surface area contributed by atoms with E-state index in [4.69, 9.17) is 10.2 Å². The lowest BCUT2D eigenvalue weighted by molar-refractivity contribution is -0.147. The molecule has 3 N–H and O–H groups in total. The fourth-order valence-electron chi connectivity index (χ4n) is 2.21. The molecule has 0 bridgehead atoms. The monoisotopic (exact) mass is 295 g/mol. The first-order chi connectivity index (χ1) is 9.85. The van der Waals surface area contributed by atoms with Gasteiger partial charge in [0.1, 0.15) is 11.9 Å². The van der Waals surface area contributed by atoms with Crippen molar-refractivity contribution < 1.29 is 29.0 Å². The van der Waals surface area contributed by atoms with Gasteiger partial charge in [-0.3, -0.25) is 9.59 Å². The third-order valence-electron chi connectivity index (χ3n) is 3.56. The molecular weight excluding hydrogens is 281 g/mol. The number of benzene rings is 1. The van der Waals surface area contributed by atoms with E-state index in [1.807, 2.05) is 0 Å². The topological polar surface area (TPSA) is 104 Å². The minimum atomic E-state index is -1.48. The van der Waals surface area contributed by atoms with Crippen LogP contribution in [-0.4, -0.2) is 34.1 Å². The van der Waals surface area contributed by atoms with Gasteiger partial charge in [0.25, 0.3) is 0 Å². The molecule has 1 saturated carbocycles. The molecule has 0 radical (unpaired) electrons. The molecule has 1 fully saturated rings. The van der Waals surface area contributed by atoms with Gasteiger partial charge in [-0.1, -0.05) is 12.1 Å². The van der Waals surface area contributed by atoms with Crippen molar-refractivity contribution in [2.24, 2.45) is 0 Å². The van der Waals surface area contributed by atoms with E-state index in [1.165, 1.54) is 24.3 Å². The maximum Gasteiger partial charge on any atom is 0.326 e. The van der Waals surface area contributed by atoms with Gasteiger partial charge in [0.2, 0.25) is 5.91 Å². The van der Waals surface area contributed by atoms with Crippen molar-refractivity contribution in [2.45, 2.75) is 30.7 Å². The first-order valence-corrected chi connectivity index (χ1v) is 6.37. The molecule has 112 valence electrons. The van der Waals surface area contributed by atoms with Crippen molar-refractivity contribution in [1.29, 1.82) is 0 Å². The van der Waals surface area contributed by atoms with Crippen molar-refractivity contribution in [1.82, 2.24) is 5.32 Å². The summed E-state index contributed by atoms with van der Waals surface area (Å²) in [5.41, 5.74) is -0.277. The Bertz CT molecular complexity index is 580. The van der Waals surface area contributed by atoms with Crippen LogP contribution < -0.4 is 5.32 Å². The Morgan fingerprint density at radius 1 is 1.19 bits per heavy atom. The van der Waals surface area contributed by atoms with Crippen molar-refractivity contribution in [3.8, 4) is 0 Å².